The molecule has 0 aliphatic rings. The van der Waals surface area contributed by atoms with Gasteiger partial charge in [0.25, 0.3) is 6.67 Å². The Morgan fingerprint density at radius 1 is 1.25 bits per heavy atom. The van der Waals surface area contributed by atoms with Gasteiger partial charge in [-0.3, -0.25) is 4.85 Å². The zero-order valence-corrected chi connectivity index (χ0v) is 17.8. The van der Waals surface area contributed by atoms with Crippen LogP contribution in [0.25, 0.3) is 4.85 Å². The summed E-state index contributed by atoms with van der Waals surface area (Å²) in [7, 11) is 0. The van der Waals surface area contributed by atoms with Crippen LogP contribution in [-0.4, -0.2) is 23.1 Å². The number of benzene rings is 1. The lowest BCUT2D eigenvalue weighted by Gasteiger charge is -2.16. The molecule has 152 valence electrons. The third-order valence-electron chi connectivity index (χ3n) is 3.67. The van der Waals surface area contributed by atoms with Gasteiger partial charge in [0.05, 0.1) is 20.6 Å². The van der Waals surface area contributed by atoms with Crippen LogP contribution in [0.15, 0.2) is 12.1 Å². The summed E-state index contributed by atoms with van der Waals surface area (Å²) in [5.41, 5.74) is -0.751. The number of halogens is 6. The molecule has 1 aromatic carbocycles. The fraction of sp³-hybridized carbons (Fsp3) is 0.412. The highest BCUT2D eigenvalue weighted by Crippen LogP contribution is 2.40. The molecule has 1 aromatic heterocycles. The van der Waals surface area contributed by atoms with Crippen LogP contribution in [0.3, 0.4) is 0 Å². The van der Waals surface area contributed by atoms with Crippen LogP contribution in [0.2, 0.25) is 15.1 Å². The first-order valence-electron chi connectivity index (χ1n) is 8.19. The van der Waals surface area contributed by atoms with Crippen molar-refractivity contribution in [1.82, 2.24) is 9.88 Å². The van der Waals surface area contributed by atoms with Crippen LogP contribution in [0.4, 0.5) is 24.0 Å². The van der Waals surface area contributed by atoms with Crippen LogP contribution in [-0.2, 0) is 12.7 Å². The molecule has 0 aliphatic carbocycles. The molecule has 0 fully saturated rings. The zero-order valence-electron chi connectivity index (χ0n) is 14.7. The van der Waals surface area contributed by atoms with Crippen molar-refractivity contribution in [2.75, 3.05) is 18.5 Å². The molecule has 2 rings (SSSR count). The van der Waals surface area contributed by atoms with E-state index in [9.17, 15) is 13.2 Å². The average molecular weight is 472 g/mol. The molecule has 0 saturated carbocycles. The smallest absolute Gasteiger partial charge is 0.329 e. The van der Waals surface area contributed by atoms with E-state index in [0.717, 1.165) is 24.2 Å². The quantitative estimate of drug-likeness (QED) is 0.409. The fourth-order valence-corrected chi connectivity index (χ4v) is 4.33. The highest BCUT2D eigenvalue weighted by Gasteiger charge is 2.38. The van der Waals surface area contributed by atoms with Crippen LogP contribution >= 0.6 is 46.1 Å². The van der Waals surface area contributed by atoms with E-state index in [1.165, 1.54) is 12.1 Å². The van der Waals surface area contributed by atoms with Crippen molar-refractivity contribution in [3.8, 4) is 0 Å². The molecule has 28 heavy (non-hydrogen) atoms. The largest absolute Gasteiger partial charge is 0.434 e. The zero-order chi connectivity index (χ0) is 20.9. The number of unbranched alkanes of at least 4 members (excludes halogenated alkanes) is 1. The van der Waals surface area contributed by atoms with Gasteiger partial charge in [0.1, 0.15) is 0 Å². The van der Waals surface area contributed by atoms with E-state index in [4.69, 9.17) is 41.4 Å². The van der Waals surface area contributed by atoms with Gasteiger partial charge in [-0.2, -0.15) is 13.2 Å². The summed E-state index contributed by atoms with van der Waals surface area (Å²) < 4.78 is 40.4. The summed E-state index contributed by atoms with van der Waals surface area (Å²) in [5, 5.41) is 3.40. The molecule has 2 aromatic rings. The van der Waals surface area contributed by atoms with E-state index in [-0.39, 0.29) is 39.0 Å². The normalized spacial score (nSPS) is 11.7. The highest BCUT2D eigenvalue weighted by atomic mass is 35.5. The molecule has 11 heteroatoms. The number of rotatable bonds is 8. The van der Waals surface area contributed by atoms with Crippen molar-refractivity contribution < 1.29 is 13.2 Å². The molecule has 0 atom stereocenters. The molecule has 0 spiro atoms. The highest BCUT2D eigenvalue weighted by molar-refractivity contribution is 7.15. The molecule has 0 bridgehead atoms. The first kappa shape index (κ1) is 23.0. The number of aromatic nitrogens is 1. The molecule has 0 amide bonds. The third kappa shape index (κ3) is 6.13. The van der Waals surface area contributed by atoms with Crippen molar-refractivity contribution >= 4 is 57.0 Å². The second-order valence-electron chi connectivity index (χ2n) is 5.86. The lowest BCUT2D eigenvalue weighted by Crippen LogP contribution is -2.25. The molecule has 4 nitrogen and oxygen atoms in total. The van der Waals surface area contributed by atoms with E-state index >= 15 is 0 Å². The Labute approximate surface area is 180 Å². The van der Waals surface area contributed by atoms with Crippen molar-refractivity contribution in [2.24, 2.45) is 0 Å². The molecule has 0 aliphatic heterocycles. The maximum atomic E-state index is 13.5. The molecule has 0 saturated heterocycles. The number of nitrogens with one attached hydrogen (secondary N) is 1. The Bertz CT molecular complexity index is 841. The van der Waals surface area contributed by atoms with E-state index in [1.807, 2.05) is 6.92 Å². The Morgan fingerprint density at radius 2 is 1.89 bits per heavy atom. The molecule has 1 N–H and O–H groups in total. The van der Waals surface area contributed by atoms with Gasteiger partial charge in [-0.15, -0.1) is 0 Å². The van der Waals surface area contributed by atoms with Gasteiger partial charge >= 0.3 is 6.18 Å². The number of hydrogen-bond acceptors (Lipinski definition) is 4. The van der Waals surface area contributed by atoms with Crippen LogP contribution < -0.4 is 5.32 Å². The number of alkyl halides is 3. The maximum Gasteiger partial charge on any atom is 0.434 e. The molecule has 0 radical (unpaired) electrons. The second-order valence-corrected chi connectivity index (χ2v) is 8.20. The third-order valence-corrected chi connectivity index (χ3v) is 5.44. The maximum absolute atomic E-state index is 13.5. The van der Waals surface area contributed by atoms with E-state index < -0.39 is 11.9 Å². The van der Waals surface area contributed by atoms with Gasteiger partial charge in [-0.25, -0.2) is 16.5 Å². The van der Waals surface area contributed by atoms with Gasteiger partial charge < -0.3 is 5.32 Å². The summed E-state index contributed by atoms with van der Waals surface area (Å²) >= 11 is 18.9. The average Bonchev–Trinajstić information content (AvgIpc) is 2.99. The lowest BCUT2D eigenvalue weighted by atomic mass is 10.3. The van der Waals surface area contributed by atoms with E-state index in [1.54, 1.807) is 4.90 Å². The lowest BCUT2D eigenvalue weighted by molar-refractivity contribution is -0.141. The summed E-state index contributed by atoms with van der Waals surface area (Å²) in [4.78, 5) is 8.70. The Balaban J connectivity index is 2.35. The predicted octanol–water partition coefficient (Wildman–Crippen LogP) is 7.34. The van der Waals surface area contributed by atoms with Crippen LogP contribution in [0.1, 0.15) is 30.3 Å². The standard InChI is InChI=1S/C17H16Cl3F3N4S/c1-3-4-5-27(9-24-2)8-13-15(17(21,22)23)26-16(28-13)25-14-11(19)6-10(18)7-12(14)20/h6-7H,3-5,8-9H2,1H3,(H,25,26). The summed E-state index contributed by atoms with van der Waals surface area (Å²) in [6, 6.07) is 2.86. The van der Waals surface area contributed by atoms with Crippen LogP contribution in [0.5, 0.6) is 0 Å². The number of anilines is 2. The Kier molecular flexibility index (Phi) is 8.22. The molecular formula is C17H16Cl3F3N4S. The minimum atomic E-state index is -4.62. The summed E-state index contributed by atoms with van der Waals surface area (Å²) in [6.45, 7) is 9.54. The number of hydrogen-bond donors (Lipinski definition) is 1. The molecular weight excluding hydrogens is 456 g/mol. The summed E-state index contributed by atoms with van der Waals surface area (Å²) in [6.07, 6.45) is -2.95. The van der Waals surface area contributed by atoms with Gasteiger partial charge in [-0.05, 0) is 18.6 Å². The minimum Gasteiger partial charge on any atom is -0.329 e. The molecule has 1 heterocycles. The number of thiazole rings is 1. The van der Waals surface area contributed by atoms with Gasteiger partial charge in [-0.1, -0.05) is 59.5 Å². The second kappa shape index (κ2) is 9.99. The van der Waals surface area contributed by atoms with Gasteiger partial charge in [0.2, 0.25) is 0 Å². The fourth-order valence-electron chi connectivity index (χ4n) is 2.39. The monoisotopic (exact) mass is 470 g/mol. The minimum absolute atomic E-state index is 0.00620. The first-order valence-corrected chi connectivity index (χ1v) is 10.1. The Hall–Kier alpha value is -1.24. The Morgan fingerprint density at radius 3 is 2.43 bits per heavy atom. The van der Waals surface area contributed by atoms with E-state index in [2.05, 4.69) is 15.1 Å². The summed E-state index contributed by atoms with van der Waals surface area (Å²) in [5.74, 6) is 0. The van der Waals surface area contributed by atoms with Crippen molar-refractivity contribution in [3.63, 3.8) is 0 Å². The van der Waals surface area contributed by atoms with Gasteiger partial charge in [0.15, 0.2) is 10.8 Å². The van der Waals surface area contributed by atoms with Crippen molar-refractivity contribution in [1.29, 1.82) is 0 Å². The topological polar surface area (TPSA) is 32.5 Å². The van der Waals surface area contributed by atoms with Crippen LogP contribution in [0, 0.1) is 6.57 Å². The van der Waals surface area contributed by atoms with Gasteiger partial charge in [0, 0.05) is 18.1 Å². The van der Waals surface area contributed by atoms with Crippen molar-refractivity contribution in [3.05, 3.63) is 49.2 Å². The van der Waals surface area contributed by atoms with Crippen molar-refractivity contribution in [2.45, 2.75) is 32.5 Å². The first-order chi connectivity index (χ1) is 13.2. The van der Waals surface area contributed by atoms with E-state index in [0.29, 0.717) is 11.6 Å². The number of nitrogens with zero attached hydrogens (tertiary/aromatic N) is 3. The predicted molar refractivity (Wildman–Crippen MR) is 109 cm³/mol. The SMILES string of the molecule is [C-]#[N+]CN(CCCC)Cc1sc(Nc2c(Cl)cc(Cl)cc2Cl)nc1C(F)(F)F. The molecule has 0 unspecified atom stereocenters.